The molecule has 1 heterocycles. The number of carboxylic acids is 1. The van der Waals surface area contributed by atoms with Gasteiger partial charge in [0.25, 0.3) is 0 Å². The van der Waals surface area contributed by atoms with Gasteiger partial charge in [-0.05, 0) is 60.3 Å². The van der Waals surface area contributed by atoms with Gasteiger partial charge in [0.2, 0.25) is 0 Å². The number of carboxylic acid groups (broad SMARTS) is 1. The molecule has 0 radical (unpaired) electrons. The van der Waals surface area contributed by atoms with Gasteiger partial charge in [-0.3, -0.25) is 4.90 Å². The van der Waals surface area contributed by atoms with E-state index >= 15 is 0 Å². The van der Waals surface area contributed by atoms with Gasteiger partial charge in [-0.25, -0.2) is 4.79 Å². The highest BCUT2D eigenvalue weighted by molar-refractivity contribution is 6.31. The Kier molecular flexibility index (Phi) is 5.87. The zero-order chi connectivity index (χ0) is 22.3. The SMILES string of the molecule is CC/C(=C\c1ccccc1)[C@@H]1C[C@H]1NC1CC2(C1)CN(Cc1ccc(C(=O)O)cc1Cl)C2. The highest BCUT2D eigenvalue weighted by atomic mass is 35.5. The van der Waals surface area contributed by atoms with Crippen molar-refractivity contribution in [3.8, 4) is 0 Å². The Morgan fingerprint density at radius 1 is 1.22 bits per heavy atom. The Bertz CT molecular complexity index is 1020. The molecule has 0 unspecified atom stereocenters. The van der Waals surface area contributed by atoms with Crippen molar-refractivity contribution in [3.63, 3.8) is 0 Å². The first-order valence-electron chi connectivity index (χ1n) is 11.7. The molecule has 0 amide bonds. The van der Waals surface area contributed by atoms with Gasteiger partial charge in [0.05, 0.1) is 5.56 Å². The fraction of sp³-hybridized carbons (Fsp3) is 0.444. The van der Waals surface area contributed by atoms with Crippen LogP contribution in [0.5, 0.6) is 0 Å². The molecule has 2 N–H and O–H groups in total. The van der Waals surface area contributed by atoms with Gasteiger partial charge in [-0.2, -0.15) is 0 Å². The van der Waals surface area contributed by atoms with Crippen LogP contribution in [0.4, 0.5) is 0 Å². The van der Waals surface area contributed by atoms with Crippen molar-refractivity contribution in [3.05, 3.63) is 75.8 Å². The standard InChI is InChI=1S/C27H31ClN2O2/c1-2-19(10-18-6-4-3-5-7-18)23-12-25(23)29-22-13-27(14-22)16-30(17-27)15-21-9-8-20(26(31)32)11-24(21)28/h3-11,22-23,25,29H,2,12-17H2,1H3,(H,31,32)/b19-10+/t23-,25+/m0/s1. The van der Waals surface area contributed by atoms with Crippen molar-refractivity contribution in [2.45, 2.75) is 51.2 Å². The topological polar surface area (TPSA) is 52.6 Å². The number of hydrogen-bond acceptors (Lipinski definition) is 3. The number of carbonyl (C=O) groups is 1. The number of benzene rings is 2. The number of rotatable bonds is 8. The summed E-state index contributed by atoms with van der Waals surface area (Å²) in [6, 6.07) is 17.0. The lowest BCUT2D eigenvalue weighted by Gasteiger charge is -2.59. The summed E-state index contributed by atoms with van der Waals surface area (Å²) >= 11 is 6.30. The number of hydrogen-bond donors (Lipinski definition) is 2. The van der Waals surface area contributed by atoms with E-state index in [0.29, 0.717) is 28.4 Å². The molecule has 3 fully saturated rings. The number of nitrogens with one attached hydrogen (secondary N) is 1. The van der Waals surface area contributed by atoms with Crippen molar-refractivity contribution >= 4 is 23.6 Å². The first-order chi connectivity index (χ1) is 15.4. The summed E-state index contributed by atoms with van der Waals surface area (Å²) in [4.78, 5) is 13.5. The molecule has 2 aromatic carbocycles. The van der Waals surface area contributed by atoms with Crippen LogP contribution < -0.4 is 5.32 Å². The van der Waals surface area contributed by atoms with Gasteiger partial charge in [0.1, 0.15) is 0 Å². The highest BCUT2D eigenvalue weighted by Crippen LogP contribution is 2.50. The molecule has 2 aliphatic carbocycles. The summed E-state index contributed by atoms with van der Waals surface area (Å²) in [7, 11) is 0. The molecular weight excluding hydrogens is 420 g/mol. The van der Waals surface area contributed by atoms with Crippen molar-refractivity contribution in [1.29, 1.82) is 0 Å². The maximum absolute atomic E-state index is 11.1. The van der Waals surface area contributed by atoms with E-state index in [4.69, 9.17) is 16.7 Å². The lowest BCUT2D eigenvalue weighted by molar-refractivity contribution is -0.0834. The van der Waals surface area contributed by atoms with Crippen molar-refractivity contribution < 1.29 is 9.90 Å². The molecule has 1 saturated heterocycles. The Labute approximate surface area is 195 Å². The molecule has 0 aromatic heterocycles. The Hall–Kier alpha value is -2.14. The van der Waals surface area contributed by atoms with Gasteiger partial charge in [0.15, 0.2) is 0 Å². The Morgan fingerprint density at radius 3 is 2.62 bits per heavy atom. The second-order valence-corrected chi connectivity index (χ2v) is 10.4. The zero-order valence-corrected chi connectivity index (χ0v) is 19.3. The molecule has 0 bridgehead atoms. The summed E-state index contributed by atoms with van der Waals surface area (Å²) in [5.74, 6) is -0.237. The average Bonchev–Trinajstić information content (AvgIpc) is 3.49. The van der Waals surface area contributed by atoms with E-state index in [0.717, 1.165) is 31.6 Å². The molecule has 168 valence electrons. The van der Waals surface area contributed by atoms with Gasteiger partial charge < -0.3 is 10.4 Å². The van der Waals surface area contributed by atoms with Gasteiger partial charge in [-0.1, -0.05) is 66.6 Å². The smallest absolute Gasteiger partial charge is 0.335 e. The monoisotopic (exact) mass is 450 g/mol. The molecule has 1 aliphatic heterocycles. The largest absolute Gasteiger partial charge is 0.478 e. The van der Waals surface area contributed by atoms with E-state index in [2.05, 4.69) is 53.5 Å². The van der Waals surface area contributed by atoms with Crippen molar-refractivity contribution in [2.24, 2.45) is 11.3 Å². The third-order valence-electron chi connectivity index (χ3n) is 7.45. The van der Waals surface area contributed by atoms with E-state index in [1.165, 1.54) is 24.8 Å². The van der Waals surface area contributed by atoms with Gasteiger partial charge in [0, 0.05) is 36.7 Å². The maximum Gasteiger partial charge on any atom is 0.335 e. The average molecular weight is 451 g/mol. The normalized spacial score (nSPS) is 24.8. The molecule has 3 aliphatic rings. The second-order valence-electron chi connectivity index (χ2n) is 9.96. The predicted octanol–water partition coefficient (Wildman–Crippen LogP) is 5.47. The molecule has 5 rings (SSSR count). The van der Waals surface area contributed by atoms with E-state index < -0.39 is 5.97 Å². The van der Waals surface area contributed by atoms with Crippen LogP contribution in [-0.2, 0) is 6.54 Å². The first-order valence-corrected chi connectivity index (χ1v) is 12.1. The molecule has 4 nitrogen and oxygen atoms in total. The third-order valence-corrected chi connectivity index (χ3v) is 7.80. The van der Waals surface area contributed by atoms with Crippen LogP contribution in [0.25, 0.3) is 6.08 Å². The third kappa shape index (κ3) is 4.50. The first kappa shape index (κ1) is 21.7. The Morgan fingerprint density at radius 2 is 1.97 bits per heavy atom. The van der Waals surface area contributed by atoms with E-state index in [9.17, 15) is 4.79 Å². The van der Waals surface area contributed by atoms with E-state index in [-0.39, 0.29) is 5.56 Å². The van der Waals surface area contributed by atoms with Crippen LogP contribution >= 0.6 is 11.6 Å². The Balaban J connectivity index is 1.07. The minimum absolute atomic E-state index is 0.245. The highest BCUT2D eigenvalue weighted by Gasteiger charge is 2.53. The lowest BCUT2D eigenvalue weighted by Crippen LogP contribution is -2.65. The van der Waals surface area contributed by atoms with E-state index in [1.54, 1.807) is 17.7 Å². The quantitative estimate of drug-likeness (QED) is 0.559. The molecule has 2 aromatic rings. The predicted molar refractivity (Wildman–Crippen MR) is 129 cm³/mol. The second kappa shape index (κ2) is 8.66. The molecule has 2 atom stereocenters. The summed E-state index contributed by atoms with van der Waals surface area (Å²) in [6.45, 7) is 5.30. The van der Waals surface area contributed by atoms with Crippen LogP contribution in [0.3, 0.4) is 0 Å². The minimum Gasteiger partial charge on any atom is -0.478 e. The van der Waals surface area contributed by atoms with Gasteiger partial charge in [-0.15, -0.1) is 0 Å². The summed E-state index contributed by atoms with van der Waals surface area (Å²) in [5, 5.41) is 13.6. The van der Waals surface area contributed by atoms with E-state index in [1.807, 2.05) is 6.07 Å². The van der Waals surface area contributed by atoms with Crippen molar-refractivity contribution in [1.82, 2.24) is 10.2 Å². The molecule has 1 spiro atoms. The molecule has 2 saturated carbocycles. The van der Waals surface area contributed by atoms with Crippen LogP contribution in [0.1, 0.15) is 54.1 Å². The van der Waals surface area contributed by atoms with Crippen LogP contribution in [-0.4, -0.2) is 41.1 Å². The zero-order valence-electron chi connectivity index (χ0n) is 18.6. The number of halogens is 1. The van der Waals surface area contributed by atoms with Crippen LogP contribution in [0.2, 0.25) is 5.02 Å². The number of nitrogens with zero attached hydrogens (tertiary/aromatic N) is 1. The molecule has 32 heavy (non-hydrogen) atoms. The summed E-state index contributed by atoms with van der Waals surface area (Å²) < 4.78 is 0. The fourth-order valence-corrected chi connectivity index (χ4v) is 5.99. The lowest BCUT2D eigenvalue weighted by atomic mass is 9.60. The molecule has 5 heteroatoms. The van der Waals surface area contributed by atoms with Gasteiger partial charge >= 0.3 is 5.97 Å². The summed E-state index contributed by atoms with van der Waals surface area (Å²) in [6.07, 6.45) is 7.31. The maximum atomic E-state index is 11.1. The molecular formula is C27H31ClN2O2. The fourth-order valence-electron chi connectivity index (χ4n) is 5.75. The minimum atomic E-state index is -0.936. The summed E-state index contributed by atoms with van der Waals surface area (Å²) in [5.41, 5.74) is 4.62. The van der Waals surface area contributed by atoms with Crippen LogP contribution in [0, 0.1) is 11.3 Å². The number of aromatic carboxylic acids is 1. The van der Waals surface area contributed by atoms with Crippen LogP contribution in [0.15, 0.2) is 54.1 Å². The number of likely N-dealkylation sites (tertiary alicyclic amines) is 1. The van der Waals surface area contributed by atoms with Crippen molar-refractivity contribution in [2.75, 3.05) is 13.1 Å².